The first-order valence-electron chi connectivity index (χ1n) is 3.75. The Morgan fingerprint density at radius 3 is 2.79 bits per heavy atom. The van der Waals surface area contributed by atoms with Gasteiger partial charge in [0.2, 0.25) is 0 Å². The Kier molecular flexibility index (Phi) is 2.79. The third kappa shape index (κ3) is 1.70. The molecule has 0 unspecified atom stereocenters. The van der Waals surface area contributed by atoms with Crippen LogP contribution in [0.15, 0.2) is 18.2 Å². The summed E-state index contributed by atoms with van der Waals surface area (Å²) >= 11 is 0. The highest BCUT2D eigenvalue weighted by Crippen LogP contribution is 2.18. The molecule has 5 heteroatoms. The van der Waals surface area contributed by atoms with Crippen molar-refractivity contribution in [2.45, 2.75) is 6.04 Å². The van der Waals surface area contributed by atoms with E-state index in [4.69, 9.17) is 16.1 Å². The van der Waals surface area contributed by atoms with Crippen LogP contribution in [-0.2, 0) is 4.79 Å². The average Bonchev–Trinajstić information content (AvgIpc) is 2.16. The van der Waals surface area contributed by atoms with Gasteiger partial charge in [0, 0.05) is 5.56 Å². The van der Waals surface area contributed by atoms with Crippen LogP contribution in [0.2, 0.25) is 0 Å². The fourth-order valence-corrected chi connectivity index (χ4v) is 1.05. The molecule has 0 bridgehead atoms. The van der Waals surface area contributed by atoms with Gasteiger partial charge in [-0.3, -0.25) is 4.79 Å². The largest absolute Gasteiger partial charge is 0.480 e. The van der Waals surface area contributed by atoms with Gasteiger partial charge in [-0.15, -0.1) is 0 Å². The van der Waals surface area contributed by atoms with Crippen molar-refractivity contribution >= 4 is 5.97 Å². The first kappa shape index (κ1) is 10.2. The molecule has 1 aromatic carbocycles. The van der Waals surface area contributed by atoms with E-state index in [2.05, 4.69) is 0 Å². The van der Waals surface area contributed by atoms with Crippen molar-refractivity contribution < 1.29 is 14.3 Å². The number of hydrogen-bond donors (Lipinski definition) is 2. The molecule has 0 aliphatic carbocycles. The molecule has 0 saturated carbocycles. The second kappa shape index (κ2) is 3.85. The topological polar surface area (TPSA) is 87.1 Å². The zero-order valence-electron chi connectivity index (χ0n) is 7.07. The van der Waals surface area contributed by atoms with Crippen LogP contribution in [0.5, 0.6) is 0 Å². The van der Waals surface area contributed by atoms with E-state index in [-0.39, 0.29) is 11.1 Å². The van der Waals surface area contributed by atoms with Crippen LogP contribution in [0, 0.1) is 17.1 Å². The number of carbonyl (C=O) groups is 1. The number of rotatable bonds is 2. The molecule has 1 aromatic rings. The molecule has 0 aliphatic rings. The molecule has 3 N–H and O–H groups in total. The lowest BCUT2D eigenvalue weighted by Crippen LogP contribution is -2.22. The number of hydrogen-bond acceptors (Lipinski definition) is 3. The number of nitriles is 1. The van der Waals surface area contributed by atoms with E-state index in [1.54, 1.807) is 6.07 Å². The Morgan fingerprint density at radius 2 is 2.29 bits per heavy atom. The molecule has 0 heterocycles. The van der Waals surface area contributed by atoms with Gasteiger partial charge in [0.25, 0.3) is 0 Å². The van der Waals surface area contributed by atoms with Crippen molar-refractivity contribution in [2.24, 2.45) is 5.73 Å². The molecule has 0 amide bonds. The highest BCUT2D eigenvalue weighted by molar-refractivity contribution is 5.76. The maximum absolute atomic E-state index is 13.0. The van der Waals surface area contributed by atoms with Crippen LogP contribution in [0.25, 0.3) is 0 Å². The van der Waals surface area contributed by atoms with Crippen LogP contribution in [0.3, 0.4) is 0 Å². The van der Waals surface area contributed by atoms with Gasteiger partial charge in [0.05, 0.1) is 5.56 Å². The summed E-state index contributed by atoms with van der Waals surface area (Å²) < 4.78 is 13.0. The maximum atomic E-state index is 13.0. The molecule has 0 aromatic heterocycles. The van der Waals surface area contributed by atoms with Crippen molar-refractivity contribution in [2.75, 3.05) is 0 Å². The maximum Gasteiger partial charge on any atom is 0.325 e. The molecule has 0 radical (unpaired) electrons. The highest BCUT2D eigenvalue weighted by atomic mass is 19.1. The standard InChI is InChI=1S/C9H7FN2O2/c10-7-3-1-2-5(6(7)4-11)8(12)9(13)14/h1-3,8H,12H2,(H,13,14)/t8-/m1/s1. The van der Waals surface area contributed by atoms with Crippen LogP contribution in [0.4, 0.5) is 4.39 Å². The van der Waals surface area contributed by atoms with Crippen LogP contribution in [0.1, 0.15) is 17.2 Å². The fourth-order valence-electron chi connectivity index (χ4n) is 1.05. The molecule has 72 valence electrons. The van der Waals surface area contributed by atoms with E-state index in [0.29, 0.717) is 0 Å². The summed E-state index contributed by atoms with van der Waals surface area (Å²) in [6.45, 7) is 0. The van der Waals surface area contributed by atoms with Gasteiger partial charge in [-0.25, -0.2) is 4.39 Å². The third-order valence-electron chi connectivity index (χ3n) is 1.76. The number of halogens is 1. The number of aliphatic carboxylic acids is 1. The van der Waals surface area contributed by atoms with E-state index in [1.165, 1.54) is 12.1 Å². The molecule has 0 saturated heterocycles. The zero-order chi connectivity index (χ0) is 10.7. The first-order chi connectivity index (χ1) is 6.57. The summed E-state index contributed by atoms with van der Waals surface area (Å²) in [5, 5.41) is 17.2. The lowest BCUT2D eigenvalue weighted by atomic mass is 10.0. The van der Waals surface area contributed by atoms with Gasteiger partial charge in [0.15, 0.2) is 0 Å². The molecule has 0 aliphatic heterocycles. The lowest BCUT2D eigenvalue weighted by Gasteiger charge is -2.08. The SMILES string of the molecule is N#Cc1c(F)cccc1[C@@H](N)C(=O)O. The summed E-state index contributed by atoms with van der Waals surface area (Å²) in [6.07, 6.45) is 0. The zero-order valence-corrected chi connectivity index (χ0v) is 7.07. The van der Waals surface area contributed by atoms with Gasteiger partial charge in [-0.05, 0) is 6.07 Å². The van der Waals surface area contributed by atoms with Gasteiger partial charge in [-0.2, -0.15) is 5.26 Å². The summed E-state index contributed by atoms with van der Waals surface area (Å²) in [6, 6.07) is 3.92. The molecular formula is C9H7FN2O2. The van der Waals surface area contributed by atoms with Gasteiger partial charge < -0.3 is 10.8 Å². The fraction of sp³-hybridized carbons (Fsp3) is 0.111. The molecule has 0 fully saturated rings. The molecule has 1 atom stereocenters. The minimum absolute atomic E-state index is 0.0139. The van der Waals surface area contributed by atoms with Crippen molar-refractivity contribution in [1.82, 2.24) is 0 Å². The summed E-state index contributed by atoms with van der Waals surface area (Å²) in [7, 11) is 0. The Morgan fingerprint density at radius 1 is 1.64 bits per heavy atom. The first-order valence-corrected chi connectivity index (χ1v) is 3.75. The number of benzene rings is 1. The van der Waals surface area contributed by atoms with Crippen molar-refractivity contribution in [3.05, 3.63) is 35.1 Å². The van der Waals surface area contributed by atoms with E-state index < -0.39 is 17.8 Å². The summed E-state index contributed by atoms with van der Waals surface area (Å²) in [4.78, 5) is 10.5. The molecule has 14 heavy (non-hydrogen) atoms. The quantitative estimate of drug-likeness (QED) is 0.728. The summed E-state index contributed by atoms with van der Waals surface area (Å²) in [5.41, 5.74) is 4.93. The Balaban J connectivity index is 3.29. The Bertz CT molecular complexity index is 412. The Labute approximate surface area is 79.4 Å². The summed E-state index contributed by atoms with van der Waals surface area (Å²) in [5.74, 6) is -2.06. The number of nitrogens with zero attached hydrogens (tertiary/aromatic N) is 1. The third-order valence-corrected chi connectivity index (χ3v) is 1.76. The van der Waals surface area contributed by atoms with Crippen LogP contribution >= 0.6 is 0 Å². The van der Waals surface area contributed by atoms with Gasteiger partial charge >= 0.3 is 5.97 Å². The minimum atomic E-state index is -1.37. The van der Waals surface area contributed by atoms with Crippen molar-refractivity contribution in [3.8, 4) is 6.07 Å². The van der Waals surface area contributed by atoms with Crippen LogP contribution < -0.4 is 5.73 Å². The number of carboxylic acids is 1. The lowest BCUT2D eigenvalue weighted by molar-refractivity contribution is -0.138. The molecule has 4 nitrogen and oxygen atoms in total. The predicted octanol–water partition coefficient (Wildman–Crippen LogP) is 0.782. The molecule has 1 rings (SSSR count). The average molecular weight is 194 g/mol. The number of carboxylic acid groups (broad SMARTS) is 1. The smallest absolute Gasteiger partial charge is 0.325 e. The van der Waals surface area contributed by atoms with Gasteiger partial charge in [0.1, 0.15) is 17.9 Å². The van der Waals surface area contributed by atoms with E-state index in [9.17, 15) is 9.18 Å². The second-order valence-electron chi connectivity index (χ2n) is 2.63. The van der Waals surface area contributed by atoms with E-state index in [0.717, 1.165) is 6.07 Å². The van der Waals surface area contributed by atoms with E-state index >= 15 is 0 Å². The normalized spacial score (nSPS) is 11.8. The number of nitrogens with two attached hydrogens (primary N) is 1. The molecule has 0 spiro atoms. The monoisotopic (exact) mass is 194 g/mol. The predicted molar refractivity (Wildman–Crippen MR) is 45.7 cm³/mol. The molecular weight excluding hydrogens is 187 g/mol. The van der Waals surface area contributed by atoms with Crippen molar-refractivity contribution in [1.29, 1.82) is 5.26 Å². The highest BCUT2D eigenvalue weighted by Gasteiger charge is 2.19. The van der Waals surface area contributed by atoms with E-state index in [1.807, 2.05) is 0 Å². The van der Waals surface area contributed by atoms with Crippen LogP contribution in [-0.4, -0.2) is 11.1 Å². The van der Waals surface area contributed by atoms with Crippen molar-refractivity contribution in [3.63, 3.8) is 0 Å². The van der Waals surface area contributed by atoms with Gasteiger partial charge in [-0.1, -0.05) is 12.1 Å². The Hall–Kier alpha value is -1.93. The minimum Gasteiger partial charge on any atom is -0.480 e. The second-order valence-corrected chi connectivity index (χ2v) is 2.63.